The van der Waals surface area contributed by atoms with Crippen molar-refractivity contribution in [3.05, 3.63) is 29.3 Å². The van der Waals surface area contributed by atoms with Crippen LogP contribution in [0.4, 0.5) is 0 Å². The predicted octanol–water partition coefficient (Wildman–Crippen LogP) is 3.88. The number of nitrogens with zero attached hydrogens (tertiary/aromatic N) is 1. The molecule has 3 aliphatic carbocycles. The van der Waals surface area contributed by atoms with E-state index < -0.39 is 0 Å². The van der Waals surface area contributed by atoms with E-state index in [0.717, 1.165) is 23.9 Å². The van der Waals surface area contributed by atoms with Gasteiger partial charge in [-0.1, -0.05) is 19.1 Å². The van der Waals surface area contributed by atoms with Gasteiger partial charge in [0.05, 0.1) is 32.3 Å². The Labute approximate surface area is 128 Å². The molecule has 0 bridgehead atoms. The molecular formula is C19H28NO+. The predicted molar refractivity (Wildman–Crippen MR) is 85.7 cm³/mol. The van der Waals surface area contributed by atoms with Crippen LogP contribution in [0.2, 0.25) is 0 Å². The van der Waals surface area contributed by atoms with Gasteiger partial charge in [0.1, 0.15) is 5.75 Å². The van der Waals surface area contributed by atoms with Crippen LogP contribution in [0.25, 0.3) is 0 Å². The van der Waals surface area contributed by atoms with E-state index in [4.69, 9.17) is 4.74 Å². The summed E-state index contributed by atoms with van der Waals surface area (Å²) in [4.78, 5) is 0. The summed E-state index contributed by atoms with van der Waals surface area (Å²) in [5, 5.41) is 0. The standard InChI is InChI=1S/C19H28NO/c1-13-16-5-4-6-19(21-3)17(16)11-12-18(13)20(2,14-7-8-14)15-9-10-15/h4-6,13-15,18H,7-12H2,1-3H3/q+1. The number of fused-ring (bicyclic) bond motifs is 1. The van der Waals surface area contributed by atoms with Crippen molar-refractivity contribution in [1.82, 2.24) is 0 Å². The Morgan fingerprint density at radius 1 is 1.05 bits per heavy atom. The summed E-state index contributed by atoms with van der Waals surface area (Å²) in [6.07, 6.45) is 8.37. The maximum absolute atomic E-state index is 5.60. The zero-order valence-electron chi connectivity index (χ0n) is 13.6. The van der Waals surface area contributed by atoms with Gasteiger partial charge in [0.15, 0.2) is 0 Å². The minimum atomic E-state index is 0.662. The molecule has 2 unspecified atom stereocenters. The molecule has 3 aliphatic rings. The van der Waals surface area contributed by atoms with Gasteiger partial charge in [-0.25, -0.2) is 0 Å². The van der Waals surface area contributed by atoms with Crippen LogP contribution in [0.15, 0.2) is 18.2 Å². The largest absolute Gasteiger partial charge is 0.496 e. The van der Waals surface area contributed by atoms with Crippen LogP contribution >= 0.6 is 0 Å². The first-order valence-corrected chi connectivity index (χ1v) is 8.67. The van der Waals surface area contributed by atoms with E-state index in [2.05, 4.69) is 32.2 Å². The number of hydrogen-bond donors (Lipinski definition) is 0. The number of likely N-dealkylation sites (N-methyl/N-ethyl adjacent to an activating group) is 1. The highest BCUT2D eigenvalue weighted by molar-refractivity contribution is 5.44. The smallest absolute Gasteiger partial charge is 0.122 e. The molecule has 2 nitrogen and oxygen atoms in total. The number of ether oxygens (including phenoxy) is 1. The number of benzene rings is 1. The van der Waals surface area contributed by atoms with E-state index in [1.54, 1.807) is 12.7 Å². The maximum atomic E-state index is 5.60. The lowest BCUT2D eigenvalue weighted by Crippen LogP contribution is -2.58. The van der Waals surface area contributed by atoms with Crippen molar-refractivity contribution in [3.8, 4) is 5.75 Å². The zero-order chi connectivity index (χ0) is 14.6. The second-order valence-corrected chi connectivity index (χ2v) is 7.61. The van der Waals surface area contributed by atoms with E-state index >= 15 is 0 Å². The van der Waals surface area contributed by atoms with Crippen LogP contribution in [0.5, 0.6) is 5.75 Å². The Bertz CT molecular complexity index is 532. The van der Waals surface area contributed by atoms with Crippen molar-refractivity contribution in [1.29, 1.82) is 0 Å². The van der Waals surface area contributed by atoms with E-state index in [1.165, 1.54) is 48.6 Å². The monoisotopic (exact) mass is 286 g/mol. The molecule has 2 saturated carbocycles. The van der Waals surface area contributed by atoms with Crippen molar-refractivity contribution in [2.75, 3.05) is 14.2 Å². The molecule has 21 heavy (non-hydrogen) atoms. The Hall–Kier alpha value is -1.02. The van der Waals surface area contributed by atoms with E-state index in [1.807, 2.05) is 0 Å². The average Bonchev–Trinajstić information content (AvgIpc) is 3.39. The summed E-state index contributed by atoms with van der Waals surface area (Å²) < 4.78 is 6.97. The minimum absolute atomic E-state index is 0.662. The van der Waals surface area contributed by atoms with Crippen molar-refractivity contribution >= 4 is 0 Å². The lowest BCUT2D eigenvalue weighted by atomic mass is 9.78. The second-order valence-electron chi connectivity index (χ2n) is 7.61. The number of methoxy groups -OCH3 is 1. The third kappa shape index (κ3) is 2.03. The molecule has 0 radical (unpaired) electrons. The molecular weight excluding hydrogens is 258 g/mol. The molecule has 2 fully saturated rings. The number of quaternary nitrogens is 1. The highest BCUT2D eigenvalue weighted by Gasteiger charge is 2.57. The molecule has 0 saturated heterocycles. The van der Waals surface area contributed by atoms with Crippen molar-refractivity contribution in [3.63, 3.8) is 0 Å². The minimum Gasteiger partial charge on any atom is -0.496 e. The maximum Gasteiger partial charge on any atom is 0.122 e. The molecule has 1 aromatic rings. The Morgan fingerprint density at radius 3 is 2.29 bits per heavy atom. The summed E-state index contributed by atoms with van der Waals surface area (Å²) in [6.45, 7) is 2.46. The zero-order valence-corrected chi connectivity index (χ0v) is 13.6. The van der Waals surface area contributed by atoms with Gasteiger partial charge >= 0.3 is 0 Å². The highest BCUT2D eigenvalue weighted by Crippen LogP contribution is 2.51. The molecule has 2 atom stereocenters. The lowest BCUT2D eigenvalue weighted by Gasteiger charge is -2.48. The topological polar surface area (TPSA) is 9.23 Å². The molecule has 0 amide bonds. The first kappa shape index (κ1) is 13.6. The van der Waals surface area contributed by atoms with E-state index in [-0.39, 0.29) is 0 Å². The summed E-state index contributed by atoms with van der Waals surface area (Å²) >= 11 is 0. The quantitative estimate of drug-likeness (QED) is 0.763. The van der Waals surface area contributed by atoms with Gasteiger partial charge in [0.25, 0.3) is 0 Å². The summed E-state index contributed by atoms with van der Waals surface area (Å²) in [5.41, 5.74) is 3.03. The molecule has 0 aliphatic heterocycles. The molecule has 2 heteroatoms. The summed E-state index contributed by atoms with van der Waals surface area (Å²) in [6, 6.07) is 9.37. The molecule has 4 rings (SSSR count). The second kappa shape index (κ2) is 4.74. The van der Waals surface area contributed by atoms with Gasteiger partial charge in [-0.3, -0.25) is 0 Å². The third-order valence-corrected chi connectivity index (χ3v) is 6.53. The van der Waals surface area contributed by atoms with Gasteiger partial charge in [-0.05, 0) is 23.6 Å². The van der Waals surface area contributed by atoms with Gasteiger partial charge in [0, 0.05) is 38.0 Å². The Balaban J connectivity index is 1.70. The SMILES string of the molecule is COc1cccc2c1CCC([N+](C)(C1CC1)C1CC1)C2C. The first-order chi connectivity index (χ1) is 10.2. The average molecular weight is 286 g/mol. The highest BCUT2D eigenvalue weighted by atomic mass is 16.5. The number of hydrogen-bond acceptors (Lipinski definition) is 1. The first-order valence-electron chi connectivity index (χ1n) is 8.67. The fourth-order valence-corrected chi connectivity index (χ4v) is 5.08. The Kier molecular flexibility index (Phi) is 3.08. The van der Waals surface area contributed by atoms with Gasteiger partial charge in [0.2, 0.25) is 0 Å². The molecule has 0 aromatic heterocycles. The van der Waals surface area contributed by atoms with Crippen LogP contribution in [-0.2, 0) is 6.42 Å². The van der Waals surface area contributed by atoms with E-state index in [0.29, 0.717) is 5.92 Å². The van der Waals surface area contributed by atoms with Crippen LogP contribution in [0.1, 0.15) is 56.1 Å². The van der Waals surface area contributed by atoms with Gasteiger partial charge in [-0.15, -0.1) is 0 Å². The molecule has 0 spiro atoms. The van der Waals surface area contributed by atoms with Crippen molar-refractivity contribution in [2.45, 2.75) is 69.5 Å². The molecule has 114 valence electrons. The fourth-order valence-electron chi connectivity index (χ4n) is 5.08. The van der Waals surface area contributed by atoms with Crippen molar-refractivity contribution < 1.29 is 9.22 Å². The van der Waals surface area contributed by atoms with Crippen molar-refractivity contribution in [2.24, 2.45) is 0 Å². The van der Waals surface area contributed by atoms with Crippen LogP contribution in [0.3, 0.4) is 0 Å². The molecule has 0 N–H and O–H groups in total. The summed E-state index contributed by atoms with van der Waals surface area (Å²) in [7, 11) is 4.38. The summed E-state index contributed by atoms with van der Waals surface area (Å²) in [5.74, 6) is 1.76. The van der Waals surface area contributed by atoms with Crippen LogP contribution < -0.4 is 4.74 Å². The lowest BCUT2D eigenvalue weighted by molar-refractivity contribution is -0.955. The van der Waals surface area contributed by atoms with E-state index in [9.17, 15) is 0 Å². The Morgan fingerprint density at radius 2 is 1.71 bits per heavy atom. The van der Waals surface area contributed by atoms with Crippen LogP contribution in [-0.4, -0.2) is 36.8 Å². The fraction of sp³-hybridized carbons (Fsp3) is 0.684. The molecule has 1 aromatic carbocycles. The van der Waals surface area contributed by atoms with Gasteiger partial charge < -0.3 is 9.22 Å². The third-order valence-electron chi connectivity index (χ3n) is 6.53. The molecule has 0 heterocycles. The number of rotatable bonds is 4. The van der Waals surface area contributed by atoms with Crippen LogP contribution in [0, 0.1) is 0 Å². The normalized spacial score (nSPS) is 29.1. The van der Waals surface area contributed by atoms with Gasteiger partial charge in [-0.2, -0.15) is 0 Å².